The summed E-state index contributed by atoms with van der Waals surface area (Å²) in [5, 5.41) is 6.11. The molecule has 1 aromatic rings. The normalized spacial score (nSPS) is 14.2. The van der Waals surface area contributed by atoms with Gasteiger partial charge in [0.25, 0.3) is 0 Å². The molecule has 1 unspecified atom stereocenters. The van der Waals surface area contributed by atoms with Gasteiger partial charge in [-0.3, -0.25) is 0 Å². The first-order chi connectivity index (χ1) is 5.52. The van der Waals surface area contributed by atoms with Crippen molar-refractivity contribution in [2.24, 2.45) is 0 Å². The van der Waals surface area contributed by atoms with Crippen molar-refractivity contribution >= 4 is 10.0 Å². The minimum atomic E-state index is -3.71. The van der Waals surface area contributed by atoms with Crippen LogP contribution in [0.1, 0.15) is 17.7 Å². The summed E-state index contributed by atoms with van der Waals surface area (Å²) in [7, 11) is -3.71. The molecule has 0 aliphatic rings. The standard InChI is InChI=1S/C8H10NO2S/c1-7(12(9,10)11)8-5-3-2-4-6-8/h2-7,9H,1H3. The molecule has 3 nitrogen and oxygen atoms in total. The lowest BCUT2D eigenvalue weighted by Gasteiger charge is -2.07. The molecule has 1 N–H and O–H groups in total. The van der Waals surface area contributed by atoms with Gasteiger partial charge in [0.1, 0.15) is 0 Å². The molecule has 0 aliphatic carbocycles. The molecule has 12 heavy (non-hydrogen) atoms. The summed E-state index contributed by atoms with van der Waals surface area (Å²) in [5.41, 5.74) is 0.660. The van der Waals surface area contributed by atoms with Crippen LogP contribution >= 0.6 is 0 Å². The van der Waals surface area contributed by atoms with Gasteiger partial charge in [-0.2, -0.15) is 0 Å². The molecule has 4 heteroatoms. The predicted molar refractivity (Wildman–Crippen MR) is 46.9 cm³/mol. The van der Waals surface area contributed by atoms with Gasteiger partial charge in [0.2, 0.25) is 10.0 Å². The van der Waals surface area contributed by atoms with Crippen molar-refractivity contribution in [2.45, 2.75) is 12.2 Å². The number of hydrogen-bond acceptors (Lipinski definition) is 2. The smallest absolute Gasteiger partial charge is 0.211 e. The third kappa shape index (κ3) is 2.06. The lowest BCUT2D eigenvalue weighted by molar-refractivity contribution is 0.586. The van der Waals surface area contributed by atoms with E-state index in [0.717, 1.165) is 0 Å². The summed E-state index contributed by atoms with van der Waals surface area (Å²) in [6.45, 7) is 1.51. The first kappa shape index (κ1) is 9.22. The Hall–Kier alpha value is -0.870. The molecule has 0 spiro atoms. The molecular formula is C8H10NO2S. The lowest BCUT2D eigenvalue weighted by atomic mass is 10.2. The van der Waals surface area contributed by atoms with E-state index < -0.39 is 15.3 Å². The molecule has 1 rings (SSSR count). The van der Waals surface area contributed by atoms with E-state index in [9.17, 15) is 8.42 Å². The fourth-order valence-corrected chi connectivity index (χ4v) is 1.42. The van der Waals surface area contributed by atoms with E-state index in [2.05, 4.69) is 0 Å². The van der Waals surface area contributed by atoms with Gasteiger partial charge in [-0.25, -0.2) is 8.42 Å². The second kappa shape index (κ2) is 3.25. The Morgan fingerprint density at radius 2 is 1.75 bits per heavy atom. The highest BCUT2D eigenvalue weighted by Gasteiger charge is 2.17. The van der Waals surface area contributed by atoms with Crippen molar-refractivity contribution in [3.8, 4) is 0 Å². The van der Waals surface area contributed by atoms with Crippen LogP contribution in [0.2, 0.25) is 0 Å². The Balaban J connectivity index is 3.02. The third-order valence-electron chi connectivity index (χ3n) is 1.73. The Kier molecular flexibility index (Phi) is 2.49. The van der Waals surface area contributed by atoms with Crippen LogP contribution in [-0.4, -0.2) is 8.42 Å². The van der Waals surface area contributed by atoms with Crippen LogP contribution in [0.3, 0.4) is 0 Å². The van der Waals surface area contributed by atoms with Gasteiger partial charge in [-0.15, -0.1) is 5.14 Å². The molecule has 0 aromatic heterocycles. The lowest BCUT2D eigenvalue weighted by Crippen LogP contribution is -2.09. The number of benzene rings is 1. The van der Waals surface area contributed by atoms with Crippen LogP contribution in [0.5, 0.6) is 0 Å². The molecule has 1 atom stereocenters. The van der Waals surface area contributed by atoms with E-state index in [1.807, 2.05) is 6.07 Å². The fraction of sp³-hybridized carbons (Fsp3) is 0.250. The van der Waals surface area contributed by atoms with Crippen LogP contribution in [0.4, 0.5) is 0 Å². The highest BCUT2D eigenvalue weighted by molar-refractivity contribution is 7.89. The first-order valence-electron chi connectivity index (χ1n) is 3.55. The van der Waals surface area contributed by atoms with E-state index in [4.69, 9.17) is 5.14 Å². The summed E-state index contributed by atoms with van der Waals surface area (Å²) in [5.74, 6) is 0. The van der Waals surface area contributed by atoms with Crippen LogP contribution in [-0.2, 0) is 10.0 Å². The Labute approximate surface area is 72.3 Å². The Bertz CT molecular complexity index is 345. The highest BCUT2D eigenvalue weighted by Crippen LogP contribution is 2.18. The Morgan fingerprint density at radius 1 is 1.25 bits per heavy atom. The Morgan fingerprint density at radius 3 is 2.17 bits per heavy atom. The van der Waals surface area contributed by atoms with Crippen LogP contribution in [0.15, 0.2) is 30.3 Å². The average molecular weight is 184 g/mol. The number of hydrogen-bond donors (Lipinski definition) is 0. The molecule has 0 aliphatic heterocycles. The largest absolute Gasteiger partial charge is 0.231 e. The van der Waals surface area contributed by atoms with E-state index in [1.54, 1.807) is 24.3 Å². The highest BCUT2D eigenvalue weighted by atomic mass is 32.2. The van der Waals surface area contributed by atoms with E-state index >= 15 is 0 Å². The quantitative estimate of drug-likeness (QED) is 0.696. The molecule has 0 saturated carbocycles. The third-order valence-corrected chi connectivity index (χ3v) is 2.94. The van der Waals surface area contributed by atoms with Gasteiger partial charge in [0, 0.05) is 0 Å². The van der Waals surface area contributed by atoms with Gasteiger partial charge in [0.05, 0.1) is 5.25 Å². The van der Waals surface area contributed by atoms with Gasteiger partial charge >= 0.3 is 0 Å². The maximum absolute atomic E-state index is 10.8. The summed E-state index contributed by atoms with van der Waals surface area (Å²) in [6, 6.07) is 8.74. The molecule has 0 bridgehead atoms. The maximum Gasteiger partial charge on any atom is 0.231 e. The predicted octanol–water partition coefficient (Wildman–Crippen LogP) is 1.36. The fourth-order valence-electron chi connectivity index (χ4n) is 0.903. The zero-order valence-corrected chi connectivity index (χ0v) is 7.51. The molecule has 65 valence electrons. The van der Waals surface area contributed by atoms with Crippen molar-refractivity contribution in [1.82, 2.24) is 5.14 Å². The van der Waals surface area contributed by atoms with Crippen molar-refractivity contribution in [3.05, 3.63) is 35.9 Å². The number of rotatable bonds is 2. The number of nitrogens with one attached hydrogen (secondary N) is 1. The van der Waals surface area contributed by atoms with Crippen molar-refractivity contribution < 1.29 is 8.42 Å². The molecule has 1 aromatic carbocycles. The summed E-state index contributed by atoms with van der Waals surface area (Å²) in [6.07, 6.45) is 0. The summed E-state index contributed by atoms with van der Waals surface area (Å²) < 4.78 is 21.6. The summed E-state index contributed by atoms with van der Waals surface area (Å²) in [4.78, 5) is 0. The second-order valence-electron chi connectivity index (χ2n) is 2.60. The van der Waals surface area contributed by atoms with Crippen LogP contribution in [0.25, 0.3) is 0 Å². The SMILES string of the molecule is CC(c1ccccc1)S([NH])(=O)=O. The second-order valence-corrected chi connectivity index (χ2v) is 4.40. The van der Waals surface area contributed by atoms with Crippen molar-refractivity contribution in [2.75, 3.05) is 0 Å². The monoisotopic (exact) mass is 184 g/mol. The van der Waals surface area contributed by atoms with Gasteiger partial charge in [-0.05, 0) is 12.5 Å². The minimum Gasteiger partial charge on any atom is -0.211 e. The first-order valence-corrected chi connectivity index (χ1v) is 5.10. The molecule has 0 fully saturated rings. The molecule has 1 radical (unpaired) electrons. The maximum atomic E-state index is 10.8. The van der Waals surface area contributed by atoms with Gasteiger partial charge < -0.3 is 0 Å². The number of sulfonamides is 1. The van der Waals surface area contributed by atoms with E-state index in [1.165, 1.54) is 6.92 Å². The van der Waals surface area contributed by atoms with Gasteiger partial charge in [0.15, 0.2) is 0 Å². The molecule has 0 amide bonds. The van der Waals surface area contributed by atoms with E-state index in [0.29, 0.717) is 5.56 Å². The summed E-state index contributed by atoms with van der Waals surface area (Å²) >= 11 is 0. The molecule has 0 saturated heterocycles. The van der Waals surface area contributed by atoms with Crippen molar-refractivity contribution in [3.63, 3.8) is 0 Å². The zero-order valence-electron chi connectivity index (χ0n) is 6.69. The topological polar surface area (TPSA) is 57.9 Å². The average Bonchev–Trinajstić information content (AvgIpc) is 2.03. The van der Waals surface area contributed by atoms with Gasteiger partial charge in [-0.1, -0.05) is 30.3 Å². The van der Waals surface area contributed by atoms with E-state index in [-0.39, 0.29) is 0 Å². The van der Waals surface area contributed by atoms with Crippen LogP contribution in [0, 0.1) is 0 Å². The van der Waals surface area contributed by atoms with Crippen LogP contribution < -0.4 is 5.14 Å². The molecule has 0 heterocycles. The molecular weight excluding hydrogens is 174 g/mol. The minimum absolute atomic E-state index is 0.660. The van der Waals surface area contributed by atoms with Crippen molar-refractivity contribution in [1.29, 1.82) is 0 Å². The zero-order chi connectivity index (χ0) is 9.19.